The number of benzene rings is 1. The number of rotatable bonds is 7. The molecule has 0 aliphatic heterocycles. The second-order valence-electron chi connectivity index (χ2n) is 5.40. The third-order valence-corrected chi connectivity index (χ3v) is 3.72. The third-order valence-electron chi connectivity index (χ3n) is 3.72. The molecule has 1 aliphatic carbocycles. The van der Waals surface area contributed by atoms with Gasteiger partial charge in [-0.2, -0.15) is 8.78 Å². The van der Waals surface area contributed by atoms with Gasteiger partial charge in [0.1, 0.15) is 0 Å². The molecule has 0 atom stereocenters. The Hall–Kier alpha value is -1.58. The van der Waals surface area contributed by atoms with Gasteiger partial charge in [0.15, 0.2) is 17.5 Å². The number of hydrogen-bond donors (Lipinski definition) is 2. The Balaban J connectivity index is 0.00000312. The summed E-state index contributed by atoms with van der Waals surface area (Å²) in [4.78, 5) is 4.19. The van der Waals surface area contributed by atoms with Gasteiger partial charge in [-0.05, 0) is 37.0 Å². The van der Waals surface area contributed by atoms with Crippen LogP contribution < -0.4 is 20.1 Å². The largest absolute Gasteiger partial charge is 0.493 e. The fourth-order valence-electron chi connectivity index (χ4n) is 2.51. The molecular formula is C17H24F2IN3O2. The van der Waals surface area contributed by atoms with Crippen LogP contribution in [0.4, 0.5) is 8.78 Å². The fraction of sp³-hybridized carbons (Fsp3) is 0.471. The predicted molar refractivity (Wildman–Crippen MR) is 105 cm³/mol. The van der Waals surface area contributed by atoms with Crippen LogP contribution in [0.15, 0.2) is 35.3 Å². The van der Waals surface area contributed by atoms with Crippen molar-refractivity contribution in [1.29, 1.82) is 0 Å². The van der Waals surface area contributed by atoms with Crippen LogP contribution in [0.5, 0.6) is 11.5 Å². The molecule has 0 saturated heterocycles. The van der Waals surface area contributed by atoms with Gasteiger partial charge in [0.05, 0.1) is 7.11 Å². The van der Waals surface area contributed by atoms with Crippen LogP contribution in [0.2, 0.25) is 0 Å². The zero-order valence-corrected chi connectivity index (χ0v) is 16.6. The van der Waals surface area contributed by atoms with Crippen LogP contribution >= 0.6 is 24.0 Å². The molecule has 0 unspecified atom stereocenters. The first kappa shape index (κ1) is 21.5. The minimum Gasteiger partial charge on any atom is -0.493 e. The van der Waals surface area contributed by atoms with Crippen molar-refractivity contribution in [2.24, 2.45) is 4.99 Å². The Morgan fingerprint density at radius 1 is 1.28 bits per heavy atom. The number of alkyl halides is 2. The normalized spacial score (nSPS) is 14.4. The van der Waals surface area contributed by atoms with Crippen molar-refractivity contribution in [1.82, 2.24) is 10.6 Å². The summed E-state index contributed by atoms with van der Waals surface area (Å²) >= 11 is 0. The first-order valence-corrected chi connectivity index (χ1v) is 7.86. The highest BCUT2D eigenvalue weighted by Gasteiger charge is 2.13. The number of hydrogen-bond acceptors (Lipinski definition) is 3. The van der Waals surface area contributed by atoms with Crippen molar-refractivity contribution in [3.63, 3.8) is 0 Å². The van der Waals surface area contributed by atoms with E-state index in [2.05, 4.69) is 32.5 Å². The molecule has 1 aliphatic rings. The number of nitrogens with zero attached hydrogens (tertiary/aromatic N) is 1. The summed E-state index contributed by atoms with van der Waals surface area (Å²) in [5.41, 5.74) is 0.872. The Morgan fingerprint density at radius 3 is 2.60 bits per heavy atom. The zero-order chi connectivity index (χ0) is 17.4. The topological polar surface area (TPSA) is 54.9 Å². The molecule has 25 heavy (non-hydrogen) atoms. The van der Waals surface area contributed by atoms with E-state index in [4.69, 9.17) is 4.74 Å². The fourth-order valence-corrected chi connectivity index (χ4v) is 2.51. The van der Waals surface area contributed by atoms with Crippen molar-refractivity contribution in [2.45, 2.75) is 31.9 Å². The van der Waals surface area contributed by atoms with Crippen LogP contribution in [-0.4, -0.2) is 39.3 Å². The van der Waals surface area contributed by atoms with E-state index in [9.17, 15) is 8.78 Å². The van der Waals surface area contributed by atoms with Crippen LogP contribution in [0.1, 0.15) is 18.4 Å². The Labute approximate surface area is 163 Å². The highest BCUT2D eigenvalue weighted by molar-refractivity contribution is 14.0. The van der Waals surface area contributed by atoms with E-state index in [1.54, 1.807) is 19.2 Å². The van der Waals surface area contributed by atoms with Crippen LogP contribution in [0.3, 0.4) is 0 Å². The lowest BCUT2D eigenvalue weighted by molar-refractivity contribution is -0.0512. The van der Waals surface area contributed by atoms with Crippen molar-refractivity contribution in [3.8, 4) is 11.5 Å². The van der Waals surface area contributed by atoms with Gasteiger partial charge >= 0.3 is 6.61 Å². The lowest BCUT2D eigenvalue weighted by atomic mass is 10.1. The zero-order valence-electron chi connectivity index (χ0n) is 14.3. The smallest absolute Gasteiger partial charge is 0.387 e. The van der Waals surface area contributed by atoms with Gasteiger partial charge in [-0.3, -0.25) is 4.99 Å². The minimum atomic E-state index is -2.88. The minimum absolute atomic E-state index is 0. The first-order chi connectivity index (χ1) is 11.6. The number of guanidine groups is 1. The number of aliphatic imine (C=N–C) groups is 1. The molecule has 0 radical (unpaired) electrons. The monoisotopic (exact) mass is 467 g/mol. The highest BCUT2D eigenvalue weighted by Crippen LogP contribution is 2.29. The number of ether oxygens (including phenoxy) is 2. The predicted octanol–water partition coefficient (Wildman–Crippen LogP) is 3.34. The van der Waals surface area contributed by atoms with Gasteiger partial charge in [-0.1, -0.05) is 18.2 Å². The Morgan fingerprint density at radius 2 is 2.00 bits per heavy atom. The first-order valence-electron chi connectivity index (χ1n) is 7.86. The molecule has 0 fully saturated rings. The Kier molecular flexibility index (Phi) is 9.54. The quantitative estimate of drug-likeness (QED) is 0.280. The maximum Gasteiger partial charge on any atom is 0.387 e. The van der Waals surface area contributed by atoms with Gasteiger partial charge in [0.25, 0.3) is 0 Å². The van der Waals surface area contributed by atoms with Crippen LogP contribution in [-0.2, 0) is 6.42 Å². The molecule has 0 saturated carbocycles. The molecule has 2 rings (SSSR count). The lowest BCUT2D eigenvalue weighted by Crippen LogP contribution is -2.43. The average molecular weight is 467 g/mol. The van der Waals surface area contributed by atoms with Gasteiger partial charge in [-0.15, -0.1) is 24.0 Å². The van der Waals surface area contributed by atoms with E-state index in [1.807, 2.05) is 6.07 Å². The summed E-state index contributed by atoms with van der Waals surface area (Å²) in [7, 11) is 3.14. The SMILES string of the molecule is CN=C(NCCc1ccc(OC)c(OC(F)F)c1)NC1CC=CC1.I. The summed E-state index contributed by atoms with van der Waals surface area (Å²) < 4.78 is 34.4. The van der Waals surface area contributed by atoms with Crippen molar-refractivity contribution >= 4 is 29.9 Å². The van der Waals surface area contributed by atoms with Gasteiger partial charge in [-0.25, -0.2) is 0 Å². The molecule has 0 spiro atoms. The number of halogens is 3. The molecule has 0 heterocycles. The molecular weight excluding hydrogens is 443 g/mol. The van der Waals surface area contributed by atoms with E-state index in [0.29, 0.717) is 24.8 Å². The molecule has 1 aromatic rings. The van der Waals surface area contributed by atoms with E-state index >= 15 is 0 Å². The standard InChI is InChI=1S/C17H23F2N3O2.HI/c1-20-17(22-13-5-3-4-6-13)21-10-9-12-7-8-14(23-2)15(11-12)24-16(18)19;/h3-4,7-8,11,13,16H,5-6,9-10H2,1-2H3,(H2,20,21,22);1H. The van der Waals surface area contributed by atoms with Gasteiger partial charge in [0.2, 0.25) is 0 Å². The van der Waals surface area contributed by atoms with Crippen molar-refractivity contribution < 1.29 is 18.3 Å². The number of nitrogens with one attached hydrogen (secondary N) is 2. The van der Waals surface area contributed by atoms with E-state index in [1.165, 1.54) is 7.11 Å². The second-order valence-corrected chi connectivity index (χ2v) is 5.40. The van der Waals surface area contributed by atoms with Crippen LogP contribution in [0.25, 0.3) is 0 Å². The van der Waals surface area contributed by atoms with E-state index in [-0.39, 0.29) is 29.7 Å². The molecule has 2 N–H and O–H groups in total. The average Bonchev–Trinajstić information content (AvgIpc) is 3.06. The molecule has 5 nitrogen and oxygen atoms in total. The molecule has 1 aromatic carbocycles. The van der Waals surface area contributed by atoms with Crippen molar-refractivity contribution in [2.75, 3.05) is 20.7 Å². The van der Waals surface area contributed by atoms with Crippen LogP contribution in [0, 0.1) is 0 Å². The number of methoxy groups -OCH3 is 1. The Bertz CT molecular complexity index is 589. The van der Waals surface area contributed by atoms with Crippen molar-refractivity contribution in [3.05, 3.63) is 35.9 Å². The molecule has 140 valence electrons. The third kappa shape index (κ3) is 7.05. The van der Waals surface area contributed by atoms with Gasteiger partial charge < -0.3 is 20.1 Å². The summed E-state index contributed by atoms with van der Waals surface area (Å²) in [6.45, 7) is -2.25. The maximum absolute atomic E-state index is 12.4. The summed E-state index contributed by atoms with van der Waals surface area (Å²) in [5, 5.41) is 6.56. The summed E-state index contributed by atoms with van der Waals surface area (Å²) in [5.74, 6) is 1.07. The second kappa shape index (κ2) is 11.1. The molecule has 8 heteroatoms. The van der Waals surface area contributed by atoms with E-state index < -0.39 is 6.61 Å². The molecule has 0 aromatic heterocycles. The molecule has 0 amide bonds. The van der Waals surface area contributed by atoms with Gasteiger partial charge in [0, 0.05) is 19.6 Å². The summed E-state index contributed by atoms with van der Waals surface area (Å²) in [6, 6.07) is 5.41. The maximum atomic E-state index is 12.4. The molecule has 0 bridgehead atoms. The lowest BCUT2D eigenvalue weighted by Gasteiger charge is -2.17. The summed E-state index contributed by atoms with van der Waals surface area (Å²) in [6.07, 6.45) is 6.92. The van der Waals surface area contributed by atoms with E-state index in [0.717, 1.165) is 24.4 Å². The highest BCUT2D eigenvalue weighted by atomic mass is 127.